The molecule has 1 aromatic rings. The van der Waals surface area contributed by atoms with Crippen molar-refractivity contribution in [3.05, 3.63) is 33.3 Å². The fraction of sp³-hybridized carbons (Fsp3) is 0.417. The third kappa shape index (κ3) is 3.15. The number of hydrogen-bond acceptors (Lipinski definition) is 1. The first-order valence-corrected chi connectivity index (χ1v) is 7.08. The summed E-state index contributed by atoms with van der Waals surface area (Å²) < 4.78 is 0.970. The van der Waals surface area contributed by atoms with Gasteiger partial charge in [0.1, 0.15) is 0 Å². The maximum absolute atomic E-state index is 11.8. The smallest absolute Gasteiger partial charge is 0.223 e. The van der Waals surface area contributed by atoms with E-state index in [1.807, 2.05) is 23.1 Å². The molecule has 1 aliphatic rings. The van der Waals surface area contributed by atoms with Gasteiger partial charge in [-0.2, -0.15) is 0 Å². The zero-order chi connectivity index (χ0) is 12.4. The van der Waals surface area contributed by atoms with Crippen LogP contribution in [0, 0.1) is 5.92 Å². The van der Waals surface area contributed by atoms with Gasteiger partial charge in [0.25, 0.3) is 0 Å². The summed E-state index contributed by atoms with van der Waals surface area (Å²) in [6.07, 6.45) is 0.551. The van der Waals surface area contributed by atoms with Crippen LogP contribution in [0.5, 0.6) is 0 Å². The summed E-state index contributed by atoms with van der Waals surface area (Å²) in [7, 11) is 0. The van der Waals surface area contributed by atoms with Crippen LogP contribution < -0.4 is 0 Å². The Hall–Kier alpha value is -0.250. The summed E-state index contributed by atoms with van der Waals surface area (Å²) in [5.41, 5.74) is 0.963. The van der Waals surface area contributed by atoms with Gasteiger partial charge < -0.3 is 4.90 Å². The molecule has 5 heteroatoms. The molecule has 1 amide bonds. The maximum Gasteiger partial charge on any atom is 0.223 e. The molecule has 0 N–H and O–H groups in total. The summed E-state index contributed by atoms with van der Waals surface area (Å²) >= 11 is 15.3. The molecule has 17 heavy (non-hydrogen) atoms. The topological polar surface area (TPSA) is 20.3 Å². The molecule has 2 rings (SSSR count). The van der Waals surface area contributed by atoms with Crippen molar-refractivity contribution in [1.82, 2.24) is 4.90 Å². The van der Waals surface area contributed by atoms with Gasteiger partial charge in [-0.15, -0.1) is 11.6 Å². The molecule has 1 aromatic carbocycles. The Bertz CT molecular complexity index is 439. The van der Waals surface area contributed by atoms with Gasteiger partial charge in [-0.3, -0.25) is 4.79 Å². The van der Waals surface area contributed by atoms with Gasteiger partial charge in [-0.25, -0.2) is 0 Å². The zero-order valence-corrected chi connectivity index (χ0v) is 12.2. The number of rotatable bonds is 3. The van der Waals surface area contributed by atoms with E-state index in [1.165, 1.54) is 0 Å². The molecular weight excluding hydrogens is 325 g/mol. The van der Waals surface area contributed by atoms with Crippen molar-refractivity contribution < 1.29 is 4.79 Å². The normalized spacial score (nSPS) is 20.1. The lowest BCUT2D eigenvalue weighted by molar-refractivity contribution is -0.128. The van der Waals surface area contributed by atoms with Gasteiger partial charge in [0, 0.05) is 34.9 Å². The molecule has 92 valence electrons. The van der Waals surface area contributed by atoms with Gasteiger partial charge >= 0.3 is 0 Å². The van der Waals surface area contributed by atoms with Gasteiger partial charge in [0.15, 0.2) is 0 Å². The van der Waals surface area contributed by atoms with Crippen LogP contribution in [0.25, 0.3) is 0 Å². The number of amides is 1. The van der Waals surface area contributed by atoms with E-state index in [0.29, 0.717) is 23.9 Å². The van der Waals surface area contributed by atoms with Gasteiger partial charge in [-0.05, 0) is 29.7 Å². The van der Waals surface area contributed by atoms with Gasteiger partial charge in [-0.1, -0.05) is 27.5 Å². The van der Waals surface area contributed by atoms with E-state index in [0.717, 1.165) is 16.6 Å². The Morgan fingerprint density at radius 3 is 2.88 bits per heavy atom. The summed E-state index contributed by atoms with van der Waals surface area (Å²) in [5.74, 6) is 0.968. The molecular formula is C12H12BrCl2NO. The minimum absolute atomic E-state index is 0.159. The molecule has 1 unspecified atom stereocenters. The van der Waals surface area contributed by atoms with Crippen LogP contribution in [0.4, 0.5) is 0 Å². The molecule has 0 spiro atoms. The molecule has 0 saturated carbocycles. The third-order valence-corrected chi connectivity index (χ3v) is 4.18. The second-order valence-electron chi connectivity index (χ2n) is 4.23. The van der Waals surface area contributed by atoms with Crippen molar-refractivity contribution in [2.24, 2.45) is 5.92 Å². The molecule has 0 aromatic heterocycles. The SMILES string of the molecule is O=C1CC(CCl)CN1Cc1cc(Br)ccc1Cl. The van der Waals surface area contributed by atoms with E-state index in [2.05, 4.69) is 15.9 Å². The quantitative estimate of drug-likeness (QED) is 0.771. The Balaban J connectivity index is 2.11. The van der Waals surface area contributed by atoms with Crippen molar-refractivity contribution in [2.75, 3.05) is 12.4 Å². The first-order chi connectivity index (χ1) is 8.10. The highest BCUT2D eigenvalue weighted by Crippen LogP contribution is 2.26. The Labute approximate surface area is 119 Å². The fourth-order valence-corrected chi connectivity index (χ4v) is 2.77. The second kappa shape index (κ2) is 5.59. The van der Waals surface area contributed by atoms with Crippen LogP contribution in [-0.2, 0) is 11.3 Å². The van der Waals surface area contributed by atoms with Crippen molar-refractivity contribution in [3.63, 3.8) is 0 Å². The fourth-order valence-electron chi connectivity index (χ4n) is 1.98. The van der Waals surface area contributed by atoms with E-state index in [1.54, 1.807) is 0 Å². The predicted molar refractivity (Wildman–Crippen MR) is 73.4 cm³/mol. The van der Waals surface area contributed by atoms with Crippen LogP contribution >= 0.6 is 39.1 Å². The lowest BCUT2D eigenvalue weighted by Crippen LogP contribution is -2.24. The van der Waals surface area contributed by atoms with Crippen LogP contribution in [-0.4, -0.2) is 23.2 Å². The van der Waals surface area contributed by atoms with Crippen LogP contribution in [0.1, 0.15) is 12.0 Å². The summed E-state index contributed by atoms with van der Waals surface area (Å²) in [6.45, 7) is 1.29. The Kier molecular flexibility index (Phi) is 4.34. The predicted octanol–water partition coefficient (Wildman–Crippen LogP) is 3.69. The van der Waals surface area contributed by atoms with Crippen molar-refractivity contribution in [1.29, 1.82) is 0 Å². The zero-order valence-electron chi connectivity index (χ0n) is 9.13. The molecule has 0 bridgehead atoms. The van der Waals surface area contributed by atoms with E-state index >= 15 is 0 Å². The average molecular weight is 337 g/mol. The lowest BCUT2D eigenvalue weighted by Gasteiger charge is -2.17. The molecule has 1 heterocycles. The first-order valence-electron chi connectivity index (χ1n) is 5.38. The molecule has 1 aliphatic heterocycles. The lowest BCUT2D eigenvalue weighted by atomic mass is 10.1. The molecule has 0 radical (unpaired) electrons. The number of likely N-dealkylation sites (tertiary alicyclic amines) is 1. The summed E-state index contributed by atoms with van der Waals surface area (Å²) in [4.78, 5) is 13.6. The molecule has 1 atom stereocenters. The van der Waals surface area contributed by atoms with Crippen LogP contribution in [0.15, 0.2) is 22.7 Å². The monoisotopic (exact) mass is 335 g/mol. The summed E-state index contributed by atoms with van der Waals surface area (Å²) in [5, 5.41) is 0.690. The molecule has 1 saturated heterocycles. The number of carbonyl (C=O) groups excluding carboxylic acids is 1. The van der Waals surface area contributed by atoms with Crippen molar-refractivity contribution in [3.8, 4) is 0 Å². The average Bonchev–Trinajstić information content (AvgIpc) is 2.65. The minimum atomic E-state index is 0.159. The van der Waals surface area contributed by atoms with Crippen molar-refractivity contribution >= 4 is 45.0 Å². The van der Waals surface area contributed by atoms with Gasteiger partial charge in [0.2, 0.25) is 5.91 Å². The number of halogens is 3. The van der Waals surface area contributed by atoms with Crippen LogP contribution in [0.3, 0.4) is 0 Å². The molecule has 2 nitrogen and oxygen atoms in total. The number of hydrogen-bond donors (Lipinski definition) is 0. The standard InChI is InChI=1S/C12H12BrCl2NO/c13-10-1-2-11(15)9(4-10)7-16-6-8(5-14)3-12(16)17/h1-2,4,8H,3,5-7H2. The van der Waals surface area contributed by atoms with Crippen molar-refractivity contribution in [2.45, 2.75) is 13.0 Å². The minimum Gasteiger partial charge on any atom is -0.338 e. The van der Waals surface area contributed by atoms with E-state index in [4.69, 9.17) is 23.2 Å². The Morgan fingerprint density at radius 2 is 2.24 bits per heavy atom. The number of alkyl halides is 1. The largest absolute Gasteiger partial charge is 0.338 e. The number of nitrogens with zero attached hydrogens (tertiary/aromatic N) is 1. The Morgan fingerprint density at radius 1 is 1.47 bits per heavy atom. The highest BCUT2D eigenvalue weighted by Gasteiger charge is 2.29. The number of carbonyl (C=O) groups is 1. The summed E-state index contributed by atoms with van der Waals surface area (Å²) in [6, 6.07) is 5.67. The van der Waals surface area contributed by atoms with E-state index < -0.39 is 0 Å². The molecule has 1 fully saturated rings. The van der Waals surface area contributed by atoms with E-state index in [9.17, 15) is 4.79 Å². The highest BCUT2D eigenvalue weighted by atomic mass is 79.9. The van der Waals surface area contributed by atoms with E-state index in [-0.39, 0.29) is 11.8 Å². The second-order valence-corrected chi connectivity index (χ2v) is 5.87. The number of benzene rings is 1. The van der Waals surface area contributed by atoms with Crippen LogP contribution in [0.2, 0.25) is 5.02 Å². The van der Waals surface area contributed by atoms with Gasteiger partial charge in [0.05, 0.1) is 0 Å². The first kappa shape index (κ1) is 13.2. The molecule has 0 aliphatic carbocycles. The third-order valence-electron chi connectivity index (χ3n) is 2.88. The maximum atomic E-state index is 11.8. The highest BCUT2D eigenvalue weighted by molar-refractivity contribution is 9.10.